The van der Waals surface area contributed by atoms with E-state index >= 15 is 0 Å². The molecule has 5 heteroatoms. The second-order valence-electron chi connectivity index (χ2n) is 5.38. The Morgan fingerprint density at radius 3 is 2.29 bits per heavy atom. The predicted molar refractivity (Wildman–Crippen MR) is 94.9 cm³/mol. The molecule has 0 spiro atoms. The second-order valence-corrected chi connectivity index (χ2v) is 6.26. The van der Waals surface area contributed by atoms with E-state index in [-0.39, 0.29) is 30.3 Å². The van der Waals surface area contributed by atoms with Gasteiger partial charge in [0.05, 0.1) is 0 Å². The molecule has 0 aliphatic carbocycles. The van der Waals surface area contributed by atoms with E-state index in [0.717, 1.165) is 10.5 Å². The summed E-state index contributed by atoms with van der Waals surface area (Å²) in [5, 5.41) is 2.78. The molecule has 0 heterocycles. The summed E-state index contributed by atoms with van der Waals surface area (Å²) in [6, 6.07) is 13.6. The summed E-state index contributed by atoms with van der Waals surface area (Å²) in [6.07, 6.45) is 2.98. The van der Waals surface area contributed by atoms with Gasteiger partial charge in [-0.3, -0.25) is 9.59 Å². The normalized spacial score (nSPS) is 10.4. The van der Waals surface area contributed by atoms with E-state index in [9.17, 15) is 14.0 Å². The number of Topliss-reactive ketones (excluding diaryl/α,β-unsaturated/α-hetero) is 1. The van der Waals surface area contributed by atoms with Gasteiger partial charge in [-0.25, -0.2) is 4.39 Å². The van der Waals surface area contributed by atoms with E-state index in [1.807, 2.05) is 18.4 Å². The maximum absolute atomic E-state index is 12.8. The summed E-state index contributed by atoms with van der Waals surface area (Å²) >= 11 is 1.62. The minimum Gasteiger partial charge on any atom is -0.356 e. The summed E-state index contributed by atoms with van der Waals surface area (Å²) in [7, 11) is 0. The number of hydrogen-bond donors (Lipinski definition) is 1. The molecule has 0 saturated heterocycles. The highest BCUT2D eigenvalue weighted by atomic mass is 32.2. The van der Waals surface area contributed by atoms with Crippen LogP contribution in [-0.4, -0.2) is 24.5 Å². The number of thioether (sulfide) groups is 1. The summed E-state index contributed by atoms with van der Waals surface area (Å²) in [4.78, 5) is 25.0. The summed E-state index contributed by atoms with van der Waals surface area (Å²) in [5.41, 5.74) is 1.59. The van der Waals surface area contributed by atoms with Gasteiger partial charge in [0.25, 0.3) is 0 Å². The number of carbonyl (C=O) groups excluding carboxylic acids is 2. The molecule has 0 fully saturated rings. The van der Waals surface area contributed by atoms with Gasteiger partial charge in [0.1, 0.15) is 5.82 Å². The Labute approximate surface area is 145 Å². The number of halogens is 1. The number of rotatable bonds is 8. The van der Waals surface area contributed by atoms with E-state index < -0.39 is 0 Å². The number of ketones is 1. The van der Waals surface area contributed by atoms with Gasteiger partial charge >= 0.3 is 0 Å². The molecule has 0 atom stereocenters. The fourth-order valence-electron chi connectivity index (χ4n) is 2.23. The Morgan fingerprint density at radius 1 is 1.00 bits per heavy atom. The first-order chi connectivity index (χ1) is 11.6. The highest BCUT2D eigenvalue weighted by Crippen LogP contribution is 2.16. The number of amides is 1. The molecule has 1 N–H and O–H groups in total. The highest BCUT2D eigenvalue weighted by Gasteiger charge is 2.09. The monoisotopic (exact) mass is 345 g/mol. The van der Waals surface area contributed by atoms with Crippen LogP contribution >= 0.6 is 11.8 Å². The third-order valence-electron chi connectivity index (χ3n) is 3.64. The van der Waals surface area contributed by atoms with E-state index in [2.05, 4.69) is 5.32 Å². The zero-order chi connectivity index (χ0) is 17.4. The van der Waals surface area contributed by atoms with Crippen molar-refractivity contribution >= 4 is 23.5 Å². The molecule has 0 radical (unpaired) electrons. The molecule has 0 saturated carbocycles. The molecule has 0 aliphatic heterocycles. The van der Waals surface area contributed by atoms with Crippen molar-refractivity contribution < 1.29 is 14.0 Å². The third-order valence-corrected chi connectivity index (χ3v) is 4.38. The van der Waals surface area contributed by atoms with Gasteiger partial charge in [0.15, 0.2) is 5.78 Å². The Balaban J connectivity index is 1.70. The SMILES string of the molecule is CSc1ccc(C(=O)CCC(=O)NCCc2ccc(F)cc2)cc1. The van der Waals surface area contributed by atoms with Crippen LogP contribution in [0.1, 0.15) is 28.8 Å². The van der Waals surface area contributed by atoms with E-state index in [1.54, 1.807) is 36.0 Å². The topological polar surface area (TPSA) is 46.2 Å². The minimum atomic E-state index is -0.271. The fourth-order valence-corrected chi connectivity index (χ4v) is 2.64. The van der Waals surface area contributed by atoms with Crippen LogP contribution in [0.4, 0.5) is 4.39 Å². The molecule has 1 amide bonds. The molecule has 24 heavy (non-hydrogen) atoms. The Bertz CT molecular complexity index is 684. The van der Waals surface area contributed by atoms with E-state index in [0.29, 0.717) is 18.5 Å². The van der Waals surface area contributed by atoms with Crippen LogP contribution < -0.4 is 5.32 Å². The van der Waals surface area contributed by atoms with Crippen molar-refractivity contribution in [2.24, 2.45) is 0 Å². The summed E-state index contributed by atoms with van der Waals surface area (Å²) in [5.74, 6) is -0.450. The standard InChI is InChI=1S/C19H20FNO2S/c1-24-17-8-4-15(5-9-17)18(22)10-11-19(23)21-13-12-14-2-6-16(20)7-3-14/h2-9H,10-13H2,1H3,(H,21,23). The number of benzene rings is 2. The van der Waals surface area contributed by atoms with Crippen LogP contribution in [0.25, 0.3) is 0 Å². The minimum absolute atomic E-state index is 0.0312. The molecule has 2 aromatic rings. The van der Waals surface area contributed by atoms with Crippen LogP contribution in [0.3, 0.4) is 0 Å². The molecule has 0 unspecified atom stereocenters. The maximum Gasteiger partial charge on any atom is 0.220 e. The number of hydrogen-bond acceptors (Lipinski definition) is 3. The van der Waals surface area contributed by atoms with Crippen LogP contribution in [-0.2, 0) is 11.2 Å². The number of nitrogens with one attached hydrogen (secondary N) is 1. The molecule has 3 nitrogen and oxygen atoms in total. The fraction of sp³-hybridized carbons (Fsp3) is 0.263. The summed E-state index contributed by atoms with van der Waals surface area (Å²) < 4.78 is 12.8. The molecular formula is C19H20FNO2S. The van der Waals surface area contributed by atoms with Gasteiger partial charge in [0.2, 0.25) is 5.91 Å². The first kappa shape index (κ1) is 18.2. The zero-order valence-electron chi connectivity index (χ0n) is 13.5. The van der Waals surface area contributed by atoms with Gasteiger partial charge in [-0.05, 0) is 42.5 Å². The highest BCUT2D eigenvalue weighted by molar-refractivity contribution is 7.98. The lowest BCUT2D eigenvalue weighted by atomic mass is 10.1. The average Bonchev–Trinajstić information content (AvgIpc) is 2.61. The average molecular weight is 345 g/mol. The van der Waals surface area contributed by atoms with Gasteiger partial charge in [0, 0.05) is 29.8 Å². The second kappa shape index (κ2) is 9.23. The smallest absolute Gasteiger partial charge is 0.220 e. The van der Waals surface area contributed by atoms with Crippen molar-refractivity contribution in [1.29, 1.82) is 0 Å². The molecule has 0 aliphatic rings. The molecular weight excluding hydrogens is 325 g/mol. The lowest BCUT2D eigenvalue weighted by Crippen LogP contribution is -2.26. The van der Waals surface area contributed by atoms with Crippen LogP contribution in [0.5, 0.6) is 0 Å². The molecule has 0 bridgehead atoms. The van der Waals surface area contributed by atoms with Crippen molar-refractivity contribution in [3.05, 3.63) is 65.5 Å². The molecule has 0 aromatic heterocycles. The lowest BCUT2D eigenvalue weighted by Gasteiger charge is -2.06. The van der Waals surface area contributed by atoms with Crippen molar-refractivity contribution in [1.82, 2.24) is 5.32 Å². The van der Waals surface area contributed by atoms with Crippen LogP contribution in [0.15, 0.2) is 53.4 Å². The molecule has 126 valence electrons. The maximum atomic E-state index is 12.8. The quantitative estimate of drug-likeness (QED) is 0.583. The predicted octanol–water partition coefficient (Wildman–Crippen LogP) is 3.87. The first-order valence-corrected chi connectivity index (χ1v) is 8.99. The van der Waals surface area contributed by atoms with Crippen molar-refractivity contribution in [3.63, 3.8) is 0 Å². The van der Waals surface area contributed by atoms with Crippen molar-refractivity contribution in [2.45, 2.75) is 24.2 Å². The summed E-state index contributed by atoms with van der Waals surface area (Å²) in [6.45, 7) is 0.473. The Morgan fingerprint density at radius 2 is 1.67 bits per heavy atom. The van der Waals surface area contributed by atoms with Gasteiger partial charge < -0.3 is 5.32 Å². The van der Waals surface area contributed by atoms with Crippen molar-refractivity contribution in [3.8, 4) is 0 Å². The van der Waals surface area contributed by atoms with Gasteiger partial charge in [-0.2, -0.15) is 0 Å². The Hall–Kier alpha value is -2.14. The van der Waals surface area contributed by atoms with E-state index in [4.69, 9.17) is 0 Å². The Kier molecular flexibility index (Phi) is 7.00. The van der Waals surface area contributed by atoms with Gasteiger partial charge in [-0.1, -0.05) is 24.3 Å². The third kappa shape index (κ3) is 5.81. The zero-order valence-corrected chi connectivity index (χ0v) is 14.4. The number of carbonyl (C=O) groups is 2. The van der Waals surface area contributed by atoms with Crippen LogP contribution in [0, 0.1) is 5.82 Å². The van der Waals surface area contributed by atoms with Crippen LogP contribution in [0.2, 0.25) is 0 Å². The lowest BCUT2D eigenvalue weighted by molar-refractivity contribution is -0.121. The van der Waals surface area contributed by atoms with E-state index in [1.165, 1.54) is 12.1 Å². The molecule has 2 aromatic carbocycles. The largest absolute Gasteiger partial charge is 0.356 e. The van der Waals surface area contributed by atoms with Gasteiger partial charge in [-0.15, -0.1) is 11.8 Å². The molecule has 2 rings (SSSR count). The van der Waals surface area contributed by atoms with Crippen molar-refractivity contribution in [2.75, 3.05) is 12.8 Å². The first-order valence-electron chi connectivity index (χ1n) is 7.77.